The molecule has 1 N–H and O–H groups in total. The number of hydrogen-bond acceptors (Lipinski definition) is 2. The van der Waals surface area contributed by atoms with Crippen LogP contribution < -0.4 is 5.32 Å². The lowest BCUT2D eigenvalue weighted by Gasteiger charge is -2.26. The van der Waals surface area contributed by atoms with E-state index >= 15 is 0 Å². The topological polar surface area (TPSA) is 51.9 Å². The average molecular weight is 377 g/mol. The number of carbonyl (C=O) groups is 1. The van der Waals surface area contributed by atoms with Gasteiger partial charge in [0.2, 0.25) is 0 Å². The summed E-state index contributed by atoms with van der Waals surface area (Å²) >= 11 is 0. The number of nitrogens with zero attached hydrogens (tertiary/aromatic N) is 3. The number of hydrogen-bond donors (Lipinski definition) is 1. The summed E-state index contributed by atoms with van der Waals surface area (Å²) in [6.45, 7) is 5.45. The minimum atomic E-state index is -0.0155. The van der Waals surface area contributed by atoms with Gasteiger partial charge in [-0.1, -0.05) is 36.8 Å². The van der Waals surface area contributed by atoms with Gasteiger partial charge in [-0.3, -0.25) is 4.79 Å². The van der Waals surface area contributed by atoms with E-state index < -0.39 is 0 Å². The molecule has 0 bridgehead atoms. The van der Waals surface area contributed by atoms with Crippen molar-refractivity contribution in [2.75, 3.05) is 6.54 Å². The zero-order valence-corrected chi connectivity index (χ0v) is 16.9. The first-order valence-electron chi connectivity index (χ1n) is 10.1. The van der Waals surface area contributed by atoms with Crippen LogP contribution in [0.5, 0.6) is 0 Å². The summed E-state index contributed by atoms with van der Waals surface area (Å²) in [5.74, 6) is 1.76. The number of benzene rings is 1. The number of nitrogens with one attached hydrogen (secondary N) is 1. The Morgan fingerprint density at radius 3 is 2.64 bits per heavy atom. The Kier molecular flexibility index (Phi) is 5.07. The van der Waals surface area contributed by atoms with E-state index in [1.54, 1.807) is 0 Å². The van der Waals surface area contributed by atoms with E-state index in [4.69, 9.17) is 0 Å². The molecular weight excluding hydrogens is 348 g/mol. The fraction of sp³-hybridized carbons (Fsp3) is 0.391. The highest BCUT2D eigenvalue weighted by Gasteiger charge is 2.24. The fourth-order valence-corrected chi connectivity index (χ4v) is 3.95. The molecule has 0 unspecified atom stereocenters. The molecule has 2 heterocycles. The highest BCUT2D eigenvalue weighted by atomic mass is 16.1. The van der Waals surface area contributed by atoms with Crippen molar-refractivity contribution >= 4 is 5.91 Å². The molecule has 0 aliphatic heterocycles. The summed E-state index contributed by atoms with van der Waals surface area (Å²) in [6.07, 6.45) is 5.70. The Balaban J connectivity index is 1.44. The van der Waals surface area contributed by atoms with Gasteiger partial charge in [0.15, 0.2) is 0 Å². The Labute approximate surface area is 166 Å². The van der Waals surface area contributed by atoms with E-state index in [9.17, 15) is 4.79 Å². The van der Waals surface area contributed by atoms with Crippen molar-refractivity contribution in [1.29, 1.82) is 0 Å². The first-order valence-corrected chi connectivity index (χ1v) is 10.1. The van der Waals surface area contributed by atoms with Gasteiger partial charge in [-0.25, -0.2) is 4.98 Å². The van der Waals surface area contributed by atoms with E-state index in [2.05, 4.69) is 38.5 Å². The summed E-state index contributed by atoms with van der Waals surface area (Å²) in [5, 5.41) is 3.10. The summed E-state index contributed by atoms with van der Waals surface area (Å²) in [4.78, 5) is 17.4. The van der Waals surface area contributed by atoms with Crippen LogP contribution in [0.25, 0.3) is 11.3 Å². The van der Waals surface area contributed by atoms with Gasteiger partial charge >= 0.3 is 0 Å². The molecule has 1 aliphatic rings. The normalized spacial score (nSPS) is 14.1. The van der Waals surface area contributed by atoms with Crippen molar-refractivity contribution in [3.8, 4) is 11.3 Å². The maximum absolute atomic E-state index is 12.8. The Morgan fingerprint density at radius 2 is 1.96 bits per heavy atom. The van der Waals surface area contributed by atoms with Crippen LogP contribution in [0.15, 0.2) is 42.6 Å². The van der Waals surface area contributed by atoms with Crippen molar-refractivity contribution in [3.63, 3.8) is 0 Å². The van der Waals surface area contributed by atoms with Gasteiger partial charge in [0, 0.05) is 49.3 Å². The standard InChI is InChI=1S/C23H28N4O/c1-16-15-25-22(19-10-7-11-19)27(16)13-12-24-23(28)20-14-21(26(3)17(20)2)18-8-5-4-6-9-18/h4-6,8-9,14-15,19H,7,10-13H2,1-3H3,(H,24,28). The molecule has 0 atom stereocenters. The Morgan fingerprint density at radius 1 is 1.21 bits per heavy atom. The zero-order chi connectivity index (χ0) is 19.7. The SMILES string of the molecule is Cc1c(C(=O)NCCn2c(C)cnc2C2CCC2)cc(-c2ccccc2)n1C. The third-order valence-electron chi connectivity index (χ3n) is 6.03. The molecule has 1 saturated carbocycles. The highest BCUT2D eigenvalue weighted by Crippen LogP contribution is 2.35. The van der Waals surface area contributed by atoms with E-state index in [0.717, 1.165) is 29.1 Å². The monoisotopic (exact) mass is 376 g/mol. The van der Waals surface area contributed by atoms with E-state index in [0.29, 0.717) is 12.5 Å². The maximum atomic E-state index is 12.8. The predicted octanol–water partition coefficient (Wildman–Crippen LogP) is 4.20. The van der Waals surface area contributed by atoms with Crippen LogP contribution in [-0.4, -0.2) is 26.6 Å². The number of amides is 1. The van der Waals surface area contributed by atoms with Gasteiger partial charge in [-0.15, -0.1) is 0 Å². The molecule has 1 aromatic carbocycles. The molecule has 3 aromatic rings. The minimum Gasteiger partial charge on any atom is -0.350 e. The van der Waals surface area contributed by atoms with E-state index in [1.807, 2.05) is 44.4 Å². The highest BCUT2D eigenvalue weighted by molar-refractivity contribution is 5.96. The van der Waals surface area contributed by atoms with Crippen LogP contribution in [0.2, 0.25) is 0 Å². The molecule has 0 spiro atoms. The molecule has 1 fully saturated rings. The van der Waals surface area contributed by atoms with Gasteiger partial charge < -0.3 is 14.5 Å². The first-order chi connectivity index (χ1) is 13.6. The Hall–Kier alpha value is -2.82. The predicted molar refractivity (Wildman–Crippen MR) is 111 cm³/mol. The molecule has 5 nitrogen and oxygen atoms in total. The second-order valence-electron chi connectivity index (χ2n) is 7.75. The van der Waals surface area contributed by atoms with Crippen LogP contribution in [0.1, 0.15) is 52.8 Å². The third-order valence-corrected chi connectivity index (χ3v) is 6.03. The number of carbonyl (C=O) groups excluding carboxylic acids is 1. The second kappa shape index (κ2) is 7.66. The molecule has 28 heavy (non-hydrogen) atoms. The first kappa shape index (κ1) is 18.5. The molecule has 1 aliphatic carbocycles. The molecule has 2 aromatic heterocycles. The van der Waals surface area contributed by atoms with Crippen LogP contribution in [-0.2, 0) is 13.6 Å². The lowest BCUT2D eigenvalue weighted by Crippen LogP contribution is -2.29. The van der Waals surface area contributed by atoms with Gasteiger partial charge in [-0.2, -0.15) is 0 Å². The molecule has 146 valence electrons. The summed E-state index contributed by atoms with van der Waals surface area (Å²) in [7, 11) is 2.01. The van der Waals surface area contributed by atoms with Gasteiger partial charge in [-0.05, 0) is 38.3 Å². The third kappa shape index (κ3) is 3.37. The second-order valence-corrected chi connectivity index (χ2v) is 7.75. The lowest BCUT2D eigenvalue weighted by molar-refractivity contribution is 0.0951. The molecule has 5 heteroatoms. The van der Waals surface area contributed by atoms with Gasteiger partial charge in [0.25, 0.3) is 5.91 Å². The smallest absolute Gasteiger partial charge is 0.253 e. The van der Waals surface area contributed by atoms with Gasteiger partial charge in [0.05, 0.1) is 5.56 Å². The number of aromatic nitrogens is 3. The van der Waals surface area contributed by atoms with Crippen molar-refractivity contribution in [1.82, 2.24) is 19.4 Å². The minimum absolute atomic E-state index is 0.0155. The average Bonchev–Trinajstić information content (AvgIpc) is 3.16. The van der Waals surface area contributed by atoms with Gasteiger partial charge in [0.1, 0.15) is 5.82 Å². The molecule has 0 saturated heterocycles. The molecular formula is C23H28N4O. The van der Waals surface area contributed by atoms with E-state index in [-0.39, 0.29) is 5.91 Å². The number of aryl methyl sites for hydroxylation is 1. The van der Waals surface area contributed by atoms with Crippen LogP contribution in [0, 0.1) is 13.8 Å². The summed E-state index contributed by atoms with van der Waals surface area (Å²) in [5.41, 5.74) is 5.05. The lowest BCUT2D eigenvalue weighted by atomic mass is 9.85. The van der Waals surface area contributed by atoms with E-state index in [1.165, 1.54) is 30.8 Å². The summed E-state index contributed by atoms with van der Waals surface area (Å²) < 4.78 is 4.34. The van der Waals surface area contributed by atoms with Crippen molar-refractivity contribution in [3.05, 3.63) is 65.4 Å². The summed E-state index contributed by atoms with van der Waals surface area (Å²) in [6, 6.07) is 12.2. The van der Waals surface area contributed by atoms with Crippen LogP contribution >= 0.6 is 0 Å². The molecule has 1 amide bonds. The molecule has 4 rings (SSSR count). The fourth-order valence-electron chi connectivity index (χ4n) is 3.95. The molecule has 0 radical (unpaired) electrons. The number of imidazole rings is 1. The maximum Gasteiger partial charge on any atom is 0.253 e. The van der Waals surface area contributed by atoms with Crippen LogP contribution in [0.3, 0.4) is 0 Å². The number of rotatable bonds is 6. The van der Waals surface area contributed by atoms with Crippen LogP contribution in [0.4, 0.5) is 0 Å². The Bertz CT molecular complexity index is 980. The zero-order valence-electron chi connectivity index (χ0n) is 16.9. The van der Waals surface area contributed by atoms with Crippen molar-refractivity contribution in [2.24, 2.45) is 7.05 Å². The van der Waals surface area contributed by atoms with Crippen molar-refractivity contribution in [2.45, 2.75) is 45.6 Å². The largest absolute Gasteiger partial charge is 0.350 e. The van der Waals surface area contributed by atoms with Crippen molar-refractivity contribution < 1.29 is 4.79 Å². The quantitative estimate of drug-likeness (QED) is 0.701.